The highest BCUT2D eigenvalue weighted by atomic mass is 19.1. The van der Waals surface area contributed by atoms with E-state index < -0.39 is 17.5 Å². The summed E-state index contributed by atoms with van der Waals surface area (Å²) in [6, 6.07) is 8.43. The zero-order valence-corrected chi connectivity index (χ0v) is 17.6. The van der Waals surface area contributed by atoms with Crippen molar-refractivity contribution in [2.24, 2.45) is 0 Å². The smallest absolute Gasteiger partial charge is 0.254 e. The van der Waals surface area contributed by atoms with E-state index in [1.807, 2.05) is 23.1 Å². The summed E-state index contributed by atoms with van der Waals surface area (Å²) >= 11 is 0. The number of hydrogen-bond acceptors (Lipinski definition) is 4. The summed E-state index contributed by atoms with van der Waals surface area (Å²) in [5.41, 5.74) is 0.768. The minimum absolute atomic E-state index is 0.000466. The predicted molar refractivity (Wildman–Crippen MR) is 111 cm³/mol. The normalized spacial score (nSPS) is 15.6. The first-order valence-corrected chi connectivity index (χ1v) is 10.2. The van der Waals surface area contributed by atoms with Crippen LogP contribution in [0.3, 0.4) is 0 Å². The third-order valence-electron chi connectivity index (χ3n) is 5.39. The van der Waals surface area contributed by atoms with Crippen LogP contribution in [0.25, 0.3) is 0 Å². The Morgan fingerprint density at radius 3 is 2.58 bits per heavy atom. The van der Waals surface area contributed by atoms with Gasteiger partial charge in [-0.1, -0.05) is 6.07 Å². The molecular formula is C23H26F2N2O4. The molecule has 0 aromatic heterocycles. The van der Waals surface area contributed by atoms with Gasteiger partial charge in [0.1, 0.15) is 11.6 Å². The first-order valence-electron chi connectivity index (χ1n) is 10.2. The third kappa shape index (κ3) is 5.31. The van der Waals surface area contributed by atoms with Crippen molar-refractivity contribution in [2.75, 3.05) is 27.3 Å². The highest BCUT2D eigenvalue weighted by Crippen LogP contribution is 2.37. The number of carbonyl (C=O) groups is 2. The molecule has 0 spiro atoms. The standard InChI is InChI=1S/C23H26F2N2O4/c1-30-20-10-7-15(13-21(20)31-2)19-5-4-12-27(19)22(28)6-3-11-26-23(29)17-9-8-16(24)14-18(17)25/h7-10,13-14,19H,3-6,11-12H2,1-2H3,(H,26,29). The molecule has 2 aromatic rings. The minimum atomic E-state index is -0.914. The van der Waals surface area contributed by atoms with E-state index in [4.69, 9.17) is 9.47 Å². The molecule has 1 unspecified atom stereocenters. The number of halogens is 2. The number of hydrogen-bond donors (Lipinski definition) is 1. The Balaban J connectivity index is 1.53. The Morgan fingerprint density at radius 1 is 1.10 bits per heavy atom. The Hall–Kier alpha value is -3.16. The second-order valence-electron chi connectivity index (χ2n) is 7.34. The third-order valence-corrected chi connectivity index (χ3v) is 5.39. The van der Waals surface area contributed by atoms with E-state index in [1.54, 1.807) is 14.2 Å². The van der Waals surface area contributed by atoms with Crippen molar-refractivity contribution in [2.45, 2.75) is 31.7 Å². The number of methoxy groups -OCH3 is 2. The molecule has 0 saturated carbocycles. The van der Waals surface area contributed by atoms with E-state index in [2.05, 4.69) is 5.32 Å². The molecule has 1 saturated heterocycles. The van der Waals surface area contributed by atoms with Gasteiger partial charge in [-0.25, -0.2) is 8.78 Å². The Labute approximate surface area is 180 Å². The van der Waals surface area contributed by atoms with Gasteiger partial charge in [-0.05, 0) is 49.1 Å². The number of carbonyl (C=O) groups excluding carboxylic acids is 2. The van der Waals surface area contributed by atoms with Gasteiger partial charge in [-0.2, -0.15) is 0 Å². The maximum atomic E-state index is 13.7. The lowest BCUT2D eigenvalue weighted by atomic mass is 10.0. The number of amides is 2. The summed E-state index contributed by atoms with van der Waals surface area (Å²) in [5, 5.41) is 2.57. The molecule has 2 amide bonds. The van der Waals surface area contributed by atoms with Crippen molar-refractivity contribution in [3.63, 3.8) is 0 Å². The van der Waals surface area contributed by atoms with Crippen LogP contribution in [0.5, 0.6) is 11.5 Å². The van der Waals surface area contributed by atoms with Crippen LogP contribution >= 0.6 is 0 Å². The van der Waals surface area contributed by atoms with Crippen LogP contribution in [-0.2, 0) is 4.79 Å². The van der Waals surface area contributed by atoms with Crippen molar-refractivity contribution in [3.8, 4) is 11.5 Å². The molecule has 2 aromatic carbocycles. The highest BCUT2D eigenvalue weighted by Gasteiger charge is 2.30. The van der Waals surface area contributed by atoms with E-state index in [-0.39, 0.29) is 30.5 Å². The monoisotopic (exact) mass is 432 g/mol. The molecule has 1 aliphatic rings. The quantitative estimate of drug-likeness (QED) is 0.644. The molecule has 0 bridgehead atoms. The maximum Gasteiger partial charge on any atom is 0.254 e. The number of likely N-dealkylation sites (tertiary alicyclic amines) is 1. The molecule has 1 heterocycles. The lowest BCUT2D eigenvalue weighted by Gasteiger charge is -2.26. The zero-order valence-electron chi connectivity index (χ0n) is 17.6. The largest absolute Gasteiger partial charge is 0.493 e. The molecule has 166 valence electrons. The van der Waals surface area contributed by atoms with Gasteiger partial charge in [-0.3, -0.25) is 9.59 Å². The van der Waals surface area contributed by atoms with E-state index >= 15 is 0 Å². The van der Waals surface area contributed by atoms with E-state index in [9.17, 15) is 18.4 Å². The van der Waals surface area contributed by atoms with Crippen molar-refractivity contribution < 1.29 is 27.8 Å². The van der Waals surface area contributed by atoms with E-state index in [0.717, 1.165) is 30.5 Å². The maximum absolute atomic E-state index is 13.7. The van der Waals surface area contributed by atoms with Crippen LogP contribution in [0, 0.1) is 11.6 Å². The summed E-state index contributed by atoms with van der Waals surface area (Å²) in [5.74, 6) is -1.03. The first-order chi connectivity index (χ1) is 14.9. The number of ether oxygens (including phenoxy) is 2. The summed E-state index contributed by atoms with van der Waals surface area (Å²) in [6.07, 6.45) is 2.45. The molecule has 1 atom stereocenters. The Bertz CT molecular complexity index is 951. The Kier molecular flexibility index (Phi) is 7.44. The molecule has 1 N–H and O–H groups in total. The van der Waals surface area contributed by atoms with Gasteiger partial charge >= 0.3 is 0 Å². The van der Waals surface area contributed by atoms with Gasteiger partial charge in [0.05, 0.1) is 25.8 Å². The van der Waals surface area contributed by atoms with Crippen LogP contribution in [0.4, 0.5) is 8.78 Å². The summed E-state index contributed by atoms with van der Waals surface area (Å²) in [7, 11) is 3.15. The van der Waals surface area contributed by atoms with Crippen molar-refractivity contribution in [3.05, 3.63) is 59.2 Å². The minimum Gasteiger partial charge on any atom is -0.493 e. The predicted octanol–water partition coefficient (Wildman–Crippen LogP) is 3.86. The number of rotatable bonds is 8. The average molecular weight is 432 g/mol. The highest BCUT2D eigenvalue weighted by molar-refractivity contribution is 5.94. The van der Waals surface area contributed by atoms with Crippen LogP contribution in [0.2, 0.25) is 0 Å². The van der Waals surface area contributed by atoms with E-state index in [0.29, 0.717) is 30.5 Å². The van der Waals surface area contributed by atoms with Crippen molar-refractivity contribution >= 4 is 11.8 Å². The van der Waals surface area contributed by atoms with Gasteiger partial charge in [0.25, 0.3) is 5.91 Å². The van der Waals surface area contributed by atoms with Gasteiger partial charge in [0, 0.05) is 25.6 Å². The lowest BCUT2D eigenvalue weighted by molar-refractivity contribution is -0.132. The molecule has 8 heteroatoms. The zero-order chi connectivity index (χ0) is 22.4. The summed E-state index contributed by atoms with van der Waals surface area (Å²) in [4.78, 5) is 26.7. The molecular weight excluding hydrogens is 406 g/mol. The van der Waals surface area contributed by atoms with Gasteiger partial charge in [-0.15, -0.1) is 0 Å². The number of nitrogens with zero attached hydrogens (tertiary/aromatic N) is 1. The van der Waals surface area contributed by atoms with Crippen molar-refractivity contribution in [1.29, 1.82) is 0 Å². The van der Waals surface area contributed by atoms with Crippen LogP contribution in [0.1, 0.15) is 47.6 Å². The second-order valence-corrected chi connectivity index (χ2v) is 7.34. The topological polar surface area (TPSA) is 67.9 Å². The first kappa shape index (κ1) is 22.5. The fraction of sp³-hybridized carbons (Fsp3) is 0.391. The molecule has 3 rings (SSSR count). The molecule has 0 aliphatic carbocycles. The fourth-order valence-electron chi connectivity index (χ4n) is 3.83. The summed E-state index contributed by atoms with van der Waals surface area (Å²) < 4.78 is 37.3. The molecule has 6 nitrogen and oxygen atoms in total. The van der Waals surface area contributed by atoms with Gasteiger partial charge < -0.3 is 19.7 Å². The fourth-order valence-corrected chi connectivity index (χ4v) is 3.83. The lowest BCUT2D eigenvalue weighted by Crippen LogP contribution is -2.32. The SMILES string of the molecule is COc1ccc(C2CCCN2C(=O)CCCNC(=O)c2ccc(F)cc2F)cc1OC. The molecule has 0 radical (unpaired) electrons. The van der Waals surface area contributed by atoms with Gasteiger partial charge in [0.15, 0.2) is 11.5 Å². The number of nitrogens with one attached hydrogen (secondary N) is 1. The Morgan fingerprint density at radius 2 is 1.87 bits per heavy atom. The number of benzene rings is 2. The molecule has 1 fully saturated rings. The van der Waals surface area contributed by atoms with Crippen LogP contribution in [0.15, 0.2) is 36.4 Å². The van der Waals surface area contributed by atoms with Crippen molar-refractivity contribution in [1.82, 2.24) is 10.2 Å². The second kappa shape index (κ2) is 10.2. The molecule has 1 aliphatic heterocycles. The van der Waals surface area contributed by atoms with Crippen LogP contribution in [-0.4, -0.2) is 44.0 Å². The van der Waals surface area contributed by atoms with Crippen LogP contribution < -0.4 is 14.8 Å². The summed E-state index contributed by atoms with van der Waals surface area (Å²) in [6.45, 7) is 0.890. The average Bonchev–Trinajstić information content (AvgIpc) is 3.26. The van der Waals surface area contributed by atoms with Gasteiger partial charge in [0.2, 0.25) is 5.91 Å². The molecule has 31 heavy (non-hydrogen) atoms. The van der Waals surface area contributed by atoms with E-state index in [1.165, 1.54) is 0 Å².